The maximum absolute atomic E-state index is 12.4. The highest BCUT2D eigenvalue weighted by Gasteiger charge is 2.29. The smallest absolute Gasteiger partial charge is 0.222 e. The van der Waals surface area contributed by atoms with Crippen LogP contribution in [0.2, 0.25) is 0 Å². The Morgan fingerprint density at radius 3 is 2.93 bits per heavy atom. The summed E-state index contributed by atoms with van der Waals surface area (Å²) in [6.45, 7) is 2.27. The van der Waals surface area contributed by atoms with Gasteiger partial charge in [-0.1, -0.05) is 42.5 Å². The number of amides is 1. The van der Waals surface area contributed by atoms with Crippen LogP contribution >= 0.6 is 0 Å². The number of benzene rings is 2. The molecule has 0 saturated heterocycles. The van der Waals surface area contributed by atoms with Crippen LogP contribution in [0.1, 0.15) is 24.0 Å². The van der Waals surface area contributed by atoms with Gasteiger partial charge in [-0.05, 0) is 23.6 Å². The molecule has 1 unspecified atom stereocenters. The van der Waals surface area contributed by atoms with Crippen LogP contribution in [0.5, 0.6) is 5.75 Å². The van der Waals surface area contributed by atoms with Crippen LogP contribution in [0.15, 0.2) is 53.5 Å². The molecule has 2 heterocycles. The predicted molar refractivity (Wildman–Crippen MR) is 112 cm³/mol. The number of anilines is 1. The maximum Gasteiger partial charge on any atom is 0.222 e. The molecule has 7 nitrogen and oxygen atoms in total. The van der Waals surface area contributed by atoms with Gasteiger partial charge in [0.2, 0.25) is 11.9 Å². The van der Waals surface area contributed by atoms with E-state index in [2.05, 4.69) is 10.3 Å². The number of ether oxygens (including phenoxy) is 1. The zero-order valence-electron chi connectivity index (χ0n) is 16.5. The molecule has 0 aromatic heterocycles. The Bertz CT molecular complexity index is 900. The molecule has 0 fully saturated rings. The van der Waals surface area contributed by atoms with Gasteiger partial charge in [0.25, 0.3) is 0 Å². The summed E-state index contributed by atoms with van der Waals surface area (Å²) in [5.74, 6) is 1.53. The van der Waals surface area contributed by atoms with Gasteiger partial charge in [-0.3, -0.25) is 4.79 Å². The lowest BCUT2D eigenvalue weighted by molar-refractivity contribution is -0.130. The zero-order chi connectivity index (χ0) is 20.2. The fraction of sp³-hybridized carbons (Fsp3) is 0.364. The Balaban J connectivity index is 1.28. The largest absolute Gasteiger partial charge is 0.491 e. The first-order chi connectivity index (χ1) is 14.1. The van der Waals surface area contributed by atoms with Gasteiger partial charge in [-0.2, -0.15) is 0 Å². The minimum Gasteiger partial charge on any atom is -0.491 e. The molecule has 2 aliphatic heterocycles. The van der Waals surface area contributed by atoms with Crippen molar-refractivity contribution >= 4 is 17.6 Å². The number of para-hydroxylation sites is 1. The number of nitrogens with zero attached hydrogens (tertiary/aromatic N) is 3. The Hall–Kier alpha value is -3.06. The van der Waals surface area contributed by atoms with Crippen LogP contribution in [-0.4, -0.2) is 53.2 Å². The minimum absolute atomic E-state index is 0.107. The molecular weight excluding hydrogens is 368 g/mol. The van der Waals surface area contributed by atoms with E-state index in [4.69, 9.17) is 4.74 Å². The molecule has 0 saturated carbocycles. The maximum atomic E-state index is 12.4. The third kappa shape index (κ3) is 4.51. The van der Waals surface area contributed by atoms with Crippen molar-refractivity contribution in [3.05, 3.63) is 59.7 Å². The number of aliphatic hydroxyl groups is 1. The molecule has 1 atom stereocenters. The minimum atomic E-state index is -0.685. The monoisotopic (exact) mass is 394 g/mol. The second-order valence-electron chi connectivity index (χ2n) is 7.42. The summed E-state index contributed by atoms with van der Waals surface area (Å²) in [6.07, 6.45) is 0.404. The van der Waals surface area contributed by atoms with Crippen molar-refractivity contribution in [2.45, 2.75) is 32.2 Å². The number of fused-ring (bicyclic) bond motifs is 2. The van der Waals surface area contributed by atoms with Gasteiger partial charge in [-0.15, -0.1) is 0 Å². The van der Waals surface area contributed by atoms with E-state index in [-0.39, 0.29) is 5.91 Å². The first kappa shape index (κ1) is 19.3. The van der Waals surface area contributed by atoms with Gasteiger partial charge in [-0.25, -0.2) is 4.99 Å². The van der Waals surface area contributed by atoms with Gasteiger partial charge in [0.15, 0.2) is 6.23 Å². The number of hydrogen-bond acceptors (Lipinski definition) is 6. The summed E-state index contributed by atoms with van der Waals surface area (Å²) < 4.78 is 5.96. The summed E-state index contributed by atoms with van der Waals surface area (Å²) in [6, 6.07) is 15.9. The Morgan fingerprint density at radius 1 is 1.28 bits per heavy atom. The fourth-order valence-corrected chi connectivity index (χ4v) is 3.63. The lowest BCUT2D eigenvalue weighted by Crippen LogP contribution is -2.37. The van der Waals surface area contributed by atoms with Crippen molar-refractivity contribution in [3.8, 4) is 5.75 Å². The molecule has 152 valence electrons. The molecule has 0 aliphatic carbocycles. The van der Waals surface area contributed by atoms with Crippen LogP contribution in [0.3, 0.4) is 0 Å². The molecule has 2 aromatic rings. The van der Waals surface area contributed by atoms with E-state index in [1.165, 1.54) is 0 Å². The molecule has 2 aliphatic rings. The number of carbonyl (C=O) groups excluding carboxylic acids is 1. The number of carbonyl (C=O) groups is 1. The number of hydrogen-bond donors (Lipinski definition) is 2. The molecule has 7 heteroatoms. The number of aliphatic imine (C=N–C) groups is 1. The average molecular weight is 394 g/mol. The molecule has 29 heavy (non-hydrogen) atoms. The Labute approximate surface area is 170 Å². The van der Waals surface area contributed by atoms with E-state index < -0.39 is 6.23 Å². The lowest BCUT2D eigenvalue weighted by atomic mass is 10.1. The van der Waals surface area contributed by atoms with Crippen LogP contribution < -0.4 is 10.1 Å². The summed E-state index contributed by atoms with van der Waals surface area (Å²) >= 11 is 0. The van der Waals surface area contributed by atoms with Crippen LogP contribution in [0, 0.1) is 0 Å². The molecule has 0 spiro atoms. The van der Waals surface area contributed by atoms with Crippen molar-refractivity contribution < 1.29 is 14.6 Å². The molecule has 2 N–H and O–H groups in total. The Morgan fingerprint density at radius 2 is 2.10 bits per heavy atom. The van der Waals surface area contributed by atoms with Crippen molar-refractivity contribution in [1.29, 1.82) is 0 Å². The first-order valence-corrected chi connectivity index (χ1v) is 9.90. The van der Waals surface area contributed by atoms with Crippen molar-refractivity contribution in [3.63, 3.8) is 0 Å². The second-order valence-corrected chi connectivity index (χ2v) is 7.42. The van der Waals surface area contributed by atoms with Crippen LogP contribution in [0.25, 0.3) is 0 Å². The van der Waals surface area contributed by atoms with Gasteiger partial charge >= 0.3 is 0 Å². The normalized spacial score (nSPS) is 17.1. The molecule has 4 rings (SSSR count). The molecule has 2 aromatic carbocycles. The molecule has 0 bridgehead atoms. The quantitative estimate of drug-likeness (QED) is 0.706. The summed E-state index contributed by atoms with van der Waals surface area (Å²) in [7, 11) is 1.83. The SMILES string of the molecule is CN(Cc1ccccc1)C(=O)CCCOc1cccc2c1NC1=NC(O)CN1C2. The van der Waals surface area contributed by atoms with E-state index in [0.29, 0.717) is 45.0 Å². The van der Waals surface area contributed by atoms with E-state index in [1.807, 2.05) is 60.5 Å². The van der Waals surface area contributed by atoms with Crippen molar-refractivity contribution in [2.75, 3.05) is 25.5 Å². The van der Waals surface area contributed by atoms with Gasteiger partial charge < -0.3 is 25.0 Å². The molecular formula is C22H26N4O3. The van der Waals surface area contributed by atoms with Gasteiger partial charge in [0.05, 0.1) is 18.8 Å². The Kier molecular flexibility index (Phi) is 5.67. The van der Waals surface area contributed by atoms with Crippen molar-refractivity contribution in [2.24, 2.45) is 4.99 Å². The van der Waals surface area contributed by atoms with Crippen LogP contribution in [0.4, 0.5) is 5.69 Å². The highest BCUT2D eigenvalue weighted by molar-refractivity contribution is 5.98. The van der Waals surface area contributed by atoms with E-state index in [1.54, 1.807) is 4.90 Å². The fourth-order valence-electron chi connectivity index (χ4n) is 3.63. The highest BCUT2D eigenvalue weighted by Crippen LogP contribution is 2.34. The van der Waals surface area contributed by atoms with E-state index in [0.717, 1.165) is 22.6 Å². The predicted octanol–water partition coefficient (Wildman–Crippen LogP) is 2.42. The number of guanidine groups is 1. The first-order valence-electron chi connectivity index (χ1n) is 9.90. The number of aliphatic hydroxyl groups excluding tert-OH is 1. The molecule has 0 radical (unpaired) electrons. The topological polar surface area (TPSA) is 77.4 Å². The summed E-state index contributed by atoms with van der Waals surface area (Å²) in [4.78, 5) is 20.3. The number of rotatable bonds is 7. The van der Waals surface area contributed by atoms with Gasteiger partial charge in [0, 0.05) is 26.6 Å². The van der Waals surface area contributed by atoms with Crippen molar-refractivity contribution in [1.82, 2.24) is 9.80 Å². The third-order valence-electron chi connectivity index (χ3n) is 5.15. The zero-order valence-corrected chi connectivity index (χ0v) is 16.5. The van der Waals surface area contributed by atoms with E-state index >= 15 is 0 Å². The van der Waals surface area contributed by atoms with Crippen LogP contribution in [-0.2, 0) is 17.9 Å². The average Bonchev–Trinajstić information content (AvgIpc) is 3.09. The molecule has 1 amide bonds. The lowest BCUT2D eigenvalue weighted by Gasteiger charge is -2.29. The second kappa shape index (κ2) is 8.53. The third-order valence-corrected chi connectivity index (χ3v) is 5.15. The number of nitrogens with one attached hydrogen (secondary N) is 1. The summed E-state index contributed by atoms with van der Waals surface area (Å²) in [5.41, 5.74) is 3.12. The summed E-state index contributed by atoms with van der Waals surface area (Å²) in [5, 5.41) is 13.0. The van der Waals surface area contributed by atoms with Gasteiger partial charge in [0.1, 0.15) is 5.75 Å². The highest BCUT2D eigenvalue weighted by atomic mass is 16.5. The standard InChI is InChI=1S/C22H26N4O3/c1-25(13-16-7-3-2-4-8-16)20(28)11-6-12-29-18-10-5-9-17-14-26-15-19(27)23-22(26)24-21(17)18/h2-5,7-10,19,27H,6,11-15H2,1H3,(H,23,24). The van der Waals surface area contributed by atoms with E-state index in [9.17, 15) is 9.90 Å².